The maximum atomic E-state index is 13.2. The number of amides is 1. The van der Waals surface area contributed by atoms with Crippen LogP contribution in [0, 0.1) is 35.0 Å². The number of rotatable bonds is 5. The molecule has 5 rings (SSSR count). The van der Waals surface area contributed by atoms with Gasteiger partial charge in [-0.05, 0) is 85.7 Å². The van der Waals surface area contributed by atoms with E-state index in [9.17, 15) is 10.1 Å². The zero-order chi connectivity index (χ0) is 20.5. The summed E-state index contributed by atoms with van der Waals surface area (Å²) in [4.78, 5) is 13.2. The van der Waals surface area contributed by atoms with Crippen molar-refractivity contribution in [2.45, 2.75) is 44.1 Å². The largest absolute Gasteiger partial charge is 0.375 e. The number of nitrogens with two attached hydrogens (primary N) is 1. The van der Waals surface area contributed by atoms with Crippen LogP contribution >= 0.6 is 23.8 Å². The Morgan fingerprint density at radius 2 is 1.76 bits per heavy atom. The molecule has 1 amide bonds. The van der Waals surface area contributed by atoms with Gasteiger partial charge in [-0.15, -0.1) is 0 Å². The van der Waals surface area contributed by atoms with E-state index in [0.717, 1.165) is 11.8 Å². The van der Waals surface area contributed by atoms with Gasteiger partial charge in [-0.2, -0.15) is 10.4 Å². The van der Waals surface area contributed by atoms with Crippen molar-refractivity contribution in [3.63, 3.8) is 0 Å². The monoisotopic (exact) mass is 429 g/mol. The van der Waals surface area contributed by atoms with Gasteiger partial charge < -0.3 is 11.1 Å². The van der Waals surface area contributed by atoms with Gasteiger partial charge >= 0.3 is 0 Å². The first-order chi connectivity index (χ1) is 13.9. The second-order valence-electron chi connectivity index (χ2n) is 8.52. The van der Waals surface area contributed by atoms with Crippen LogP contribution in [0.15, 0.2) is 29.4 Å². The van der Waals surface area contributed by atoms with Crippen molar-refractivity contribution in [2.24, 2.45) is 34.5 Å². The Bertz CT molecular complexity index is 850. The molecular formula is C21H24ClN5OS. The number of hydrogen-bond donors (Lipinski definition) is 3. The molecule has 0 unspecified atom stereocenters. The summed E-state index contributed by atoms with van der Waals surface area (Å²) in [5, 5.41) is 17.6. The number of halogens is 1. The van der Waals surface area contributed by atoms with Gasteiger partial charge in [-0.3, -0.25) is 10.2 Å². The van der Waals surface area contributed by atoms with Crippen LogP contribution in [0.2, 0.25) is 5.02 Å². The Hall–Kier alpha value is -2.17. The van der Waals surface area contributed by atoms with E-state index in [2.05, 4.69) is 21.9 Å². The maximum absolute atomic E-state index is 13.2. The second kappa shape index (κ2) is 8.29. The van der Waals surface area contributed by atoms with Crippen molar-refractivity contribution in [3.8, 4) is 6.07 Å². The lowest BCUT2D eigenvalue weighted by molar-refractivity contribution is -0.118. The summed E-state index contributed by atoms with van der Waals surface area (Å²) in [7, 11) is 0. The van der Waals surface area contributed by atoms with Gasteiger partial charge in [0.25, 0.3) is 5.91 Å². The number of hydrogen-bond acceptors (Lipinski definition) is 4. The smallest absolute Gasteiger partial charge is 0.269 e. The van der Waals surface area contributed by atoms with Crippen LogP contribution in [-0.4, -0.2) is 22.8 Å². The number of nitriles is 1. The van der Waals surface area contributed by atoms with E-state index in [-0.39, 0.29) is 22.8 Å². The molecule has 0 heterocycles. The molecule has 0 aromatic heterocycles. The number of hydrazone groups is 1. The van der Waals surface area contributed by atoms with Crippen molar-refractivity contribution < 1.29 is 4.79 Å². The summed E-state index contributed by atoms with van der Waals surface area (Å²) >= 11 is 10.8. The third-order valence-corrected chi connectivity index (χ3v) is 6.99. The predicted octanol–water partition coefficient (Wildman–Crippen LogP) is 3.08. The van der Waals surface area contributed by atoms with Gasteiger partial charge in [0.2, 0.25) is 0 Å². The fourth-order valence-electron chi connectivity index (χ4n) is 5.70. The molecule has 4 N–H and O–H groups in total. The first kappa shape index (κ1) is 20.1. The minimum absolute atomic E-state index is 0.0577. The van der Waals surface area contributed by atoms with E-state index in [4.69, 9.17) is 29.6 Å². The van der Waals surface area contributed by atoms with Crippen LogP contribution in [0.1, 0.15) is 43.6 Å². The summed E-state index contributed by atoms with van der Waals surface area (Å²) in [5.74, 6) is 1.48. The van der Waals surface area contributed by atoms with Crippen molar-refractivity contribution in [1.82, 2.24) is 10.7 Å². The molecule has 0 spiro atoms. The van der Waals surface area contributed by atoms with Gasteiger partial charge in [0.05, 0.1) is 6.07 Å². The topological polar surface area (TPSA) is 103 Å². The van der Waals surface area contributed by atoms with Crippen LogP contribution in [0.5, 0.6) is 0 Å². The second-order valence-corrected chi connectivity index (χ2v) is 9.39. The quantitative estimate of drug-likeness (QED) is 0.379. The first-order valence-electron chi connectivity index (χ1n) is 10.0. The van der Waals surface area contributed by atoms with Crippen LogP contribution in [0.4, 0.5) is 0 Å². The fourth-order valence-corrected chi connectivity index (χ4v) is 5.87. The minimum Gasteiger partial charge on any atom is -0.375 e. The number of nitrogens with zero attached hydrogens (tertiary/aromatic N) is 2. The van der Waals surface area contributed by atoms with E-state index in [1.165, 1.54) is 32.1 Å². The minimum atomic E-state index is -0.856. The molecule has 6 nitrogen and oxygen atoms in total. The van der Waals surface area contributed by atoms with Crippen molar-refractivity contribution in [1.29, 1.82) is 5.26 Å². The molecular weight excluding hydrogens is 406 g/mol. The van der Waals surface area contributed by atoms with Crippen molar-refractivity contribution in [3.05, 3.63) is 34.9 Å². The fraction of sp³-hybridized carbons (Fsp3) is 0.524. The lowest BCUT2D eigenvalue weighted by Crippen LogP contribution is -2.57. The molecule has 4 saturated carbocycles. The van der Waals surface area contributed by atoms with Crippen LogP contribution in [0.25, 0.3) is 0 Å². The zero-order valence-corrected chi connectivity index (χ0v) is 17.5. The lowest BCUT2D eigenvalue weighted by Gasteiger charge is -2.54. The molecule has 0 saturated heterocycles. The molecule has 1 aromatic rings. The maximum Gasteiger partial charge on any atom is 0.269 e. The van der Waals surface area contributed by atoms with Crippen molar-refractivity contribution in [2.75, 3.05) is 0 Å². The third kappa shape index (κ3) is 4.24. The Kier molecular flexibility index (Phi) is 5.75. The normalized spacial score (nSPS) is 31.0. The Morgan fingerprint density at radius 3 is 2.28 bits per heavy atom. The Labute approximate surface area is 180 Å². The molecule has 4 bridgehead atoms. The van der Waals surface area contributed by atoms with E-state index >= 15 is 0 Å². The Balaban J connectivity index is 1.57. The molecule has 4 aliphatic carbocycles. The highest BCUT2D eigenvalue weighted by Gasteiger charge is 2.49. The van der Waals surface area contributed by atoms with Gasteiger partial charge in [0.15, 0.2) is 5.11 Å². The van der Waals surface area contributed by atoms with Crippen LogP contribution in [0.3, 0.4) is 0 Å². The number of carbonyl (C=O) groups excluding carboxylic acids is 1. The number of thiocarbonyl (C=S) groups is 1. The van der Waals surface area contributed by atoms with Crippen LogP contribution < -0.4 is 16.5 Å². The average molecular weight is 430 g/mol. The third-order valence-electron chi connectivity index (χ3n) is 6.65. The van der Waals surface area contributed by atoms with E-state index < -0.39 is 5.92 Å². The molecule has 29 heavy (non-hydrogen) atoms. The molecule has 152 valence electrons. The van der Waals surface area contributed by atoms with E-state index in [1.54, 1.807) is 24.3 Å². The molecule has 1 aromatic carbocycles. The molecule has 0 aliphatic heterocycles. The van der Waals surface area contributed by atoms with Gasteiger partial charge in [0, 0.05) is 11.1 Å². The molecule has 4 fully saturated rings. The molecule has 8 heteroatoms. The predicted molar refractivity (Wildman–Crippen MR) is 116 cm³/mol. The van der Waals surface area contributed by atoms with Gasteiger partial charge in [-0.25, -0.2) is 0 Å². The average Bonchev–Trinajstić information content (AvgIpc) is 2.68. The van der Waals surface area contributed by atoms with Gasteiger partial charge in [-0.1, -0.05) is 23.7 Å². The van der Waals surface area contributed by atoms with Crippen LogP contribution in [-0.2, 0) is 4.79 Å². The SMILES string of the molecule is N#C[C@@H](/C(=N/NC(N)=S)C(=O)NC1C2CC3CC(C2)CC1C3)c1ccc(Cl)cc1. The van der Waals surface area contributed by atoms with Crippen molar-refractivity contribution >= 4 is 40.6 Å². The lowest BCUT2D eigenvalue weighted by atomic mass is 9.54. The number of nitrogens with one attached hydrogen (secondary N) is 2. The molecule has 0 radical (unpaired) electrons. The van der Waals surface area contributed by atoms with Gasteiger partial charge in [0.1, 0.15) is 11.6 Å². The summed E-state index contributed by atoms with van der Waals surface area (Å²) < 4.78 is 0. The Morgan fingerprint density at radius 1 is 1.17 bits per heavy atom. The highest BCUT2D eigenvalue weighted by Crippen LogP contribution is 2.53. The summed E-state index contributed by atoms with van der Waals surface area (Å²) in [6.45, 7) is 0. The summed E-state index contributed by atoms with van der Waals surface area (Å²) in [6, 6.07) is 9.16. The standard InChI is InChI=1S/C21H24ClN5OS/c22-16-3-1-13(2-4-16)17(10-23)19(26-27-21(24)29)20(28)25-18-14-6-11-5-12(8-14)9-15(18)7-11/h1-4,11-12,14-15,17-18H,5-9H2,(H,25,28)(H3,24,27,29)/b26-19-/t11?,12?,14?,15?,17-,18?/m1/s1. The summed E-state index contributed by atoms with van der Waals surface area (Å²) in [6.07, 6.45) is 6.11. The molecule has 1 atom stereocenters. The van der Waals surface area contributed by atoms with E-state index in [0.29, 0.717) is 22.4 Å². The highest BCUT2D eigenvalue weighted by atomic mass is 35.5. The zero-order valence-electron chi connectivity index (χ0n) is 16.0. The summed E-state index contributed by atoms with van der Waals surface area (Å²) in [5.41, 5.74) is 8.69. The highest BCUT2D eigenvalue weighted by molar-refractivity contribution is 7.80. The number of benzene rings is 1. The number of carbonyl (C=O) groups is 1. The first-order valence-corrected chi connectivity index (χ1v) is 10.8. The molecule has 4 aliphatic rings. The van der Waals surface area contributed by atoms with E-state index in [1.807, 2.05) is 0 Å².